The molecule has 0 radical (unpaired) electrons. The maximum atomic E-state index is 11.4. The van der Waals surface area contributed by atoms with Crippen LogP contribution in [0.25, 0.3) is 0 Å². The van der Waals surface area contributed by atoms with E-state index in [-0.39, 0.29) is 31.1 Å². The normalized spacial score (nSPS) is 7.60. The first-order valence-corrected chi connectivity index (χ1v) is 4.18. The monoisotopic (exact) mass is 233 g/mol. The van der Waals surface area contributed by atoms with E-state index >= 15 is 0 Å². The highest BCUT2D eigenvalue weighted by molar-refractivity contribution is 5.89. The fourth-order valence-corrected chi connectivity index (χ4v) is 0.858. The highest BCUT2D eigenvalue weighted by atomic mass is 35.5. The number of rotatable bonds is 5. The van der Waals surface area contributed by atoms with Crippen molar-refractivity contribution in [2.45, 2.75) is 20.3 Å². The molecule has 0 rings (SSSR count). The van der Waals surface area contributed by atoms with Gasteiger partial charge in [0.1, 0.15) is 6.61 Å². The third-order valence-electron chi connectivity index (χ3n) is 1.53. The SMILES string of the molecule is C=CCOC(=O)C(CC=C)=C(C)C.Cl.N. The molecule has 0 aliphatic carbocycles. The van der Waals surface area contributed by atoms with Gasteiger partial charge in [-0.15, -0.1) is 19.0 Å². The number of carbonyl (C=O) groups is 1. The molecule has 0 aromatic rings. The topological polar surface area (TPSA) is 61.3 Å². The summed E-state index contributed by atoms with van der Waals surface area (Å²) in [4.78, 5) is 11.4. The number of halogens is 1. The van der Waals surface area contributed by atoms with Gasteiger partial charge in [0.25, 0.3) is 0 Å². The van der Waals surface area contributed by atoms with Gasteiger partial charge in [-0.1, -0.05) is 24.3 Å². The lowest BCUT2D eigenvalue weighted by Gasteiger charge is -2.06. The Morgan fingerprint density at radius 3 is 2.13 bits per heavy atom. The Hall–Kier alpha value is -1.06. The van der Waals surface area contributed by atoms with Gasteiger partial charge in [0, 0.05) is 5.57 Å². The van der Waals surface area contributed by atoms with Gasteiger partial charge in [0.15, 0.2) is 0 Å². The molecular formula is C11H20ClNO2. The van der Waals surface area contributed by atoms with Crippen LogP contribution in [-0.2, 0) is 9.53 Å². The molecule has 0 aliphatic heterocycles. The van der Waals surface area contributed by atoms with E-state index < -0.39 is 0 Å². The molecular weight excluding hydrogens is 214 g/mol. The third kappa shape index (κ3) is 7.97. The standard InChI is InChI=1S/C11H16O2.ClH.H3N/c1-5-7-10(9(3)4)11(12)13-8-6-2;;/h5-6H,1-2,7-8H2,3-4H3;1H;1H3. The molecule has 0 unspecified atom stereocenters. The van der Waals surface area contributed by atoms with Crippen LogP contribution < -0.4 is 6.15 Å². The molecule has 0 aliphatic rings. The van der Waals surface area contributed by atoms with E-state index in [4.69, 9.17) is 4.74 Å². The molecule has 0 bridgehead atoms. The molecule has 15 heavy (non-hydrogen) atoms. The van der Waals surface area contributed by atoms with Crippen molar-refractivity contribution in [1.29, 1.82) is 0 Å². The highest BCUT2D eigenvalue weighted by Crippen LogP contribution is 2.10. The number of hydrogen-bond acceptors (Lipinski definition) is 3. The summed E-state index contributed by atoms with van der Waals surface area (Å²) in [6, 6.07) is 0. The van der Waals surface area contributed by atoms with Crippen molar-refractivity contribution in [3.05, 3.63) is 36.5 Å². The molecule has 88 valence electrons. The molecule has 0 heterocycles. The van der Waals surface area contributed by atoms with Crippen molar-refractivity contribution in [2.75, 3.05) is 6.61 Å². The van der Waals surface area contributed by atoms with E-state index in [1.807, 2.05) is 13.8 Å². The largest absolute Gasteiger partial charge is 0.458 e. The number of ether oxygens (including phenoxy) is 1. The fourth-order valence-electron chi connectivity index (χ4n) is 0.858. The first kappa shape index (κ1) is 19.5. The van der Waals surface area contributed by atoms with E-state index in [1.165, 1.54) is 0 Å². The van der Waals surface area contributed by atoms with Crippen LogP contribution >= 0.6 is 12.4 Å². The molecule has 0 atom stereocenters. The van der Waals surface area contributed by atoms with Crippen LogP contribution in [-0.4, -0.2) is 12.6 Å². The number of carbonyl (C=O) groups excluding carboxylic acids is 1. The van der Waals surface area contributed by atoms with Crippen molar-refractivity contribution in [1.82, 2.24) is 6.15 Å². The number of allylic oxidation sites excluding steroid dienone is 2. The summed E-state index contributed by atoms with van der Waals surface area (Å²) in [5, 5.41) is 0. The molecule has 0 fully saturated rings. The summed E-state index contributed by atoms with van der Waals surface area (Å²) < 4.78 is 4.90. The minimum absolute atomic E-state index is 0. The summed E-state index contributed by atoms with van der Waals surface area (Å²) in [5.74, 6) is -0.278. The van der Waals surface area contributed by atoms with Crippen molar-refractivity contribution < 1.29 is 9.53 Å². The molecule has 3 nitrogen and oxygen atoms in total. The molecule has 0 saturated carbocycles. The molecule has 0 amide bonds. The van der Waals surface area contributed by atoms with Crippen molar-refractivity contribution in [2.24, 2.45) is 0 Å². The second kappa shape index (κ2) is 11.0. The van der Waals surface area contributed by atoms with Crippen LogP contribution in [0.2, 0.25) is 0 Å². The Balaban J connectivity index is -0.000000720. The zero-order chi connectivity index (χ0) is 10.3. The molecule has 4 heteroatoms. The van der Waals surface area contributed by atoms with Crippen LogP contribution in [0.5, 0.6) is 0 Å². The van der Waals surface area contributed by atoms with E-state index in [2.05, 4.69) is 13.2 Å². The van der Waals surface area contributed by atoms with Crippen molar-refractivity contribution in [3.8, 4) is 0 Å². The zero-order valence-corrected chi connectivity index (χ0v) is 10.2. The van der Waals surface area contributed by atoms with Crippen molar-refractivity contribution >= 4 is 18.4 Å². The van der Waals surface area contributed by atoms with Crippen LogP contribution in [0, 0.1) is 0 Å². The minimum atomic E-state index is -0.278. The van der Waals surface area contributed by atoms with E-state index in [1.54, 1.807) is 12.2 Å². The van der Waals surface area contributed by atoms with Gasteiger partial charge in [-0.3, -0.25) is 0 Å². The second-order valence-electron chi connectivity index (χ2n) is 2.86. The molecule has 3 N–H and O–H groups in total. The maximum Gasteiger partial charge on any atom is 0.334 e. The minimum Gasteiger partial charge on any atom is -0.458 e. The summed E-state index contributed by atoms with van der Waals surface area (Å²) in [7, 11) is 0. The van der Waals surface area contributed by atoms with Gasteiger partial charge in [-0.25, -0.2) is 4.79 Å². The van der Waals surface area contributed by atoms with Gasteiger partial charge in [0.05, 0.1) is 0 Å². The average molecular weight is 234 g/mol. The quantitative estimate of drug-likeness (QED) is 0.451. The highest BCUT2D eigenvalue weighted by Gasteiger charge is 2.09. The first-order chi connectivity index (χ1) is 6.13. The Morgan fingerprint density at radius 2 is 1.80 bits per heavy atom. The van der Waals surface area contributed by atoms with E-state index in [0.29, 0.717) is 12.0 Å². The summed E-state index contributed by atoms with van der Waals surface area (Å²) in [6.45, 7) is 11.1. The maximum absolute atomic E-state index is 11.4. The Kier molecular flexibility index (Phi) is 14.3. The van der Waals surface area contributed by atoms with Crippen LogP contribution in [0.3, 0.4) is 0 Å². The van der Waals surface area contributed by atoms with E-state index in [0.717, 1.165) is 5.57 Å². The molecule has 0 saturated heterocycles. The lowest BCUT2D eigenvalue weighted by atomic mass is 10.1. The number of esters is 1. The van der Waals surface area contributed by atoms with Crippen LogP contribution in [0.1, 0.15) is 20.3 Å². The smallest absolute Gasteiger partial charge is 0.334 e. The number of hydrogen-bond donors (Lipinski definition) is 1. The lowest BCUT2D eigenvalue weighted by molar-refractivity contribution is -0.137. The third-order valence-corrected chi connectivity index (χ3v) is 1.53. The van der Waals surface area contributed by atoms with Crippen LogP contribution in [0.15, 0.2) is 36.5 Å². The predicted octanol–water partition coefficient (Wildman–Crippen LogP) is 3.21. The predicted molar refractivity (Wildman–Crippen MR) is 66.6 cm³/mol. The Morgan fingerprint density at radius 1 is 1.27 bits per heavy atom. The Bertz CT molecular complexity index is 243. The average Bonchev–Trinajstić information content (AvgIpc) is 2.09. The van der Waals surface area contributed by atoms with E-state index in [9.17, 15) is 4.79 Å². The van der Waals surface area contributed by atoms with Gasteiger partial charge >= 0.3 is 5.97 Å². The zero-order valence-electron chi connectivity index (χ0n) is 9.41. The molecule has 0 aromatic heterocycles. The summed E-state index contributed by atoms with van der Waals surface area (Å²) in [5.41, 5.74) is 1.64. The van der Waals surface area contributed by atoms with Gasteiger partial charge in [-0.2, -0.15) is 0 Å². The molecule has 0 spiro atoms. The van der Waals surface area contributed by atoms with Gasteiger partial charge < -0.3 is 10.9 Å². The molecule has 0 aromatic carbocycles. The van der Waals surface area contributed by atoms with Gasteiger partial charge in [-0.05, 0) is 20.3 Å². The van der Waals surface area contributed by atoms with Gasteiger partial charge in [0.2, 0.25) is 0 Å². The summed E-state index contributed by atoms with van der Waals surface area (Å²) in [6.07, 6.45) is 3.80. The fraction of sp³-hybridized carbons (Fsp3) is 0.364. The Labute approximate surface area is 97.9 Å². The van der Waals surface area contributed by atoms with Crippen molar-refractivity contribution in [3.63, 3.8) is 0 Å². The summed E-state index contributed by atoms with van der Waals surface area (Å²) >= 11 is 0. The first-order valence-electron chi connectivity index (χ1n) is 4.18. The van der Waals surface area contributed by atoms with Crippen LogP contribution in [0.4, 0.5) is 0 Å². The lowest BCUT2D eigenvalue weighted by Crippen LogP contribution is -2.08. The second-order valence-corrected chi connectivity index (χ2v) is 2.86.